The summed E-state index contributed by atoms with van der Waals surface area (Å²) in [7, 11) is 0. The standard InChI is InChI=1S/C11H5ClF3NO/c12-10(17)7-4-5-16-9-6(7)2-1-3-8(9)11(13,14)15/h1-5H. The first kappa shape index (κ1) is 11.9. The zero-order valence-corrected chi connectivity index (χ0v) is 9.01. The molecule has 0 radical (unpaired) electrons. The van der Waals surface area contributed by atoms with E-state index in [1.54, 1.807) is 0 Å². The van der Waals surface area contributed by atoms with Crippen molar-refractivity contribution >= 4 is 27.7 Å². The summed E-state index contributed by atoms with van der Waals surface area (Å²) in [4.78, 5) is 14.7. The number of nitrogens with zero attached hydrogens (tertiary/aromatic N) is 1. The molecule has 0 amide bonds. The highest BCUT2D eigenvalue weighted by Crippen LogP contribution is 2.34. The van der Waals surface area contributed by atoms with Crippen LogP contribution in [-0.2, 0) is 6.18 Å². The number of fused-ring (bicyclic) bond motifs is 1. The molecule has 0 aliphatic heterocycles. The summed E-state index contributed by atoms with van der Waals surface area (Å²) in [5, 5.41) is -0.709. The molecule has 17 heavy (non-hydrogen) atoms. The molecule has 1 heterocycles. The molecular weight excluding hydrogens is 255 g/mol. The van der Waals surface area contributed by atoms with Gasteiger partial charge in [-0.15, -0.1) is 0 Å². The molecule has 0 fully saturated rings. The van der Waals surface area contributed by atoms with Crippen molar-refractivity contribution in [1.29, 1.82) is 0 Å². The molecule has 0 spiro atoms. The first-order chi connectivity index (χ1) is 7.91. The van der Waals surface area contributed by atoms with Gasteiger partial charge in [-0.2, -0.15) is 13.2 Å². The number of pyridine rings is 1. The quantitative estimate of drug-likeness (QED) is 0.732. The van der Waals surface area contributed by atoms with Crippen LogP contribution in [0.3, 0.4) is 0 Å². The van der Waals surface area contributed by atoms with Crippen molar-refractivity contribution in [3.63, 3.8) is 0 Å². The number of para-hydroxylation sites is 1. The van der Waals surface area contributed by atoms with Gasteiger partial charge >= 0.3 is 6.18 Å². The summed E-state index contributed by atoms with van der Waals surface area (Å²) < 4.78 is 38.1. The lowest BCUT2D eigenvalue weighted by atomic mass is 10.1. The van der Waals surface area contributed by atoms with E-state index in [1.165, 1.54) is 18.2 Å². The van der Waals surface area contributed by atoms with Crippen LogP contribution in [0.15, 0.2) is 30.5 Å². The van der Waals surface area contributed by atoms with Crippen molar-refractivity contribution < 1.29 is 18.0 Å². The normalized spacial score (nSPS) is 11.8. The van der Waals surface area contributed by atoms with E-state index in [0.29, 0.717) is 0 Å². The number of carbonyl (C=O) groups excluding carboxylic acids is 1. The minimum atomic E-state index is -4.51. The second kappa shape index (κ2) is 4.00. The van der Waals surface area contributed by atoms with E-state index in [0.717, 1.165) is 12.3 Å². The van der Waals surface area contributed by atoms with E-state index in [1.807, 2.05) is 0 Å². The van der Waals surface area contributed by atoms with Crippen molar-refractivity contribution in [2.45, 2.75) is 6.18 Å². The average Bonchev–Trinajstić information content (AvgIpc) is 2.26. The molecule has 6 heteroatoms. The molecule has 0 aliphatic carbocycles. The summed E-state index contributed by atoms with van der Waals surface area (Å²) >= 11 is 5.30. The summed E-state index contributed by atoms with van der Waals surface area (Å²) in [5.74, 6) is 0. The molecule has 0 unspecified atom stereocenters. The van der Waals surface area contributed by atoms with Crippen LogP contribution < -0.4 is 0 Å². The predicted octanol–water partition coefficient (Wildman–Crippen LogP) is 3.63. The second-order valence-corrected chi connectivity index (χ2v) is 3.68. The fourth-order valence-corrected chi connectivity index (χ4v) is 1.74. The molecule has 1 aromatic carbocycles. The van der Waals surface area contributed by atoms with Gasteiger partial charge in [0.05, 0.1) is 11.1 Å². The fraction of sp³-hybridized carbons (Fsp3) is 0.0909. The van der Waals surface area contributed by atoms with Crippen molar-refractivity contribution in [2.75, 3.05) is 0 Å². The molecule has 2 nitrogen and oxygen atoms in total. The Bertz CT molecular complexity index is 595. The van der Waals surface area contributed by atoms with Crippen LogP contribution in [0.4, 0.5) is 13.2 Å². The van der Waals surface area contributed by atoms with Gasteiger partial charge in [-0.05, 0) is 23.7 Å². The first-order valence-electron chi connectivity index (χ1n) is 4.56. The zero-order chi connectivity index (χ0) is 12.6. The first-order valence-corrected chi connectivity index (χ1v) is 4.94. The third-order valence-electron chi connectivity index (χ3n) is 2.29. The minimum absolute atomic E-state index is 0.0165. The molecule has 0 aliphatic rings. The molecule has 0 N–H and O–H groups in total. The van der Waals surface area contributed by atoms with Gasteiger partial charge in [-0.3, -0.25) is 9.78 Å². The van der Waals surface area contributed by atoms with Crippen molar-refractivity contribution in [2.24, 2.45) is 0 Å². The lowest BCUT2D eigenvalue weighted by molar-refractivity contribution is -0.136. The molecule has 0 saturated carbocycles. The molecular formula is C11H5ClF3NO. The molecule has 1 aromatic heterocycles. The number of hydrogen-bond donors (Lipinski definition) is 0. The topological polar surface area (TPSA) is 30.0 Å². The largest absolute Gasteiger partial charge is 0.418 e. The fourth-order valence-electron chi connectivity index (χ4n) is 1.58. The number of hydrogen-bond acceptors (Lipinski definition) is 2. The van der Waals surface area contributed by atoms with Gasteiger partial charge in [-0.25, -0.2) is 0 Å². The highest BCUT2D eigenvalue weighted by molar-refractivity contribution is 6.68. The summed E-state index contributed by atoms with van der Waals surface area (Å²) in [5.41, 5.74) is -1.14. The molecule has 0 atom stereocenters. The van der Waals surface area contributed by atoms with E-state index in [2.05, 4.69) is 4.98 Å². The Hall–Kier alpha value is -1.62. The minimum Gasteiger partial charge on any atom is -0.276 e. The van der Waals surface area contributed by atoms with E-state index < -0.39 is 17.0 Å². The Morgan fingerprint density at radius 2 is 1.94 bits per heavy atom. The van der Waals surface area contributed by atoms with Gasteiger partial charge in [0.25, 0.3) is 5.24 Å². The Morgan fingerprint density at radius 3 is 2.53 bits per heavy atom. The van der Waals surface area contributed by atoms with Gasteiger partial charge in [0, 0.05) is 17.1 Å². The predicted molar refractivity (Wildman–Crippen MR) is 56.9 cm³/mol. The molecule has 2 rings (SSSR count). The van der Waals surface area contributed by atoms with Crippen molar-refractivity contribution in [3.05, 3.63) is 41.6 Å². The van der Waals surface area contributed by atoms with E-state index >= 15 is 0 Å². The van der Waals surface area contributed by atoms with E-state index in [4.69, 9.17) is 11.6 Å². The Labute approximate surface area is 99.0 Å². The van der Waals surface area contributed by atoms with Crippen molar-refractivity contribution in [1.82, 2.24) is 4.98 Å². The third-order valence-corrected chi connectivity index (χ3v) is 2.49. The molecule has 2 aromatic rings. The number of alkyl halides is 3. The zero-order valence-electron chi connectivity index (χ0n) is 8.25. The highest BCUT2D eigenvalue weighted by Gasteiger charge is 2.33. The molecule has 0 saturated heterocycles. The van der Waals surface area contributed by atoms with Gasteiger partial charge in [0.1, 0.15) is 0 Å². The lowest BCUT2D eigenvalue weighted by Crippen LogP contribution is -2.07. The average molecular weight is 260 g/mol. The van der Waals surface area contributed by atoms with E-state index in [9.17, 15) is 18.0 Å². The second-order valence-electron chi connectivity index (χ2n) is 3.33. The van der Waals surface area contributed by atoms with Crippen LogP contribution in [0.5, 0.6) is 0 Å². The molecule has 88 valence electrons. The number of carbonyl (C=O) groups is 1. The third kappa shape index (κ3) is 2.10. The Kier molecular flexibility index (Phi) is 2.79. The maximum absolute atomic E-state index is 12.7. The summed E-state index contributed by atoms with van der Waals surface area (Å²) in [6.45, 7) is 0. The SMILES string of the molecule is O=C(Cl)c1ccnc2c(C(F)(F)F)cccc12. The Balaban J connectivity index is 2.84. The van der Waals surface area contributed by atoms with Crippen LogP contribution in [0.1, 0.15) is 15.9 Å². The monoisotopic (exact) mass is 259 g/mol. The summed E-state index contributed by atoms with van der Waals surface area (Å²) in [6.07, 6.45) is -3.38. The van der Waals surface area contributed by atoms with Gasteiger partial charge in [-0.1, -0.05) is 12.1 Å². The van der Waals surface area contributed by atoms with Crippen molar-refractivity contribution in [3.8, 4) is 0 Å². The van der Waals surface area contributed by atoms with Crippen LogP contribution in [-0.4, -0.2) is 10.2 Å². The number of rotatable bonds is 1. The summed E-state index contributed by atoms with van der Waals surface area (Å²) in [6, 6.07) is 4.80. The highest BCUT2D eigenvalue weighted by atomic mass is 35.5. The van der Waals surface area contributed by atoms with Gasteiger partial charge in [0.2, 0.25) is 0 Å². The van der Waals surface area contributed by atoms with Gasteiger partial charge in [0.15, 0.2) is 0 Å². The van der Waals surface area contributed by atoms with Crippen LogP contribution >= 0.6 is 11.6 Å². The smallest absolute Gasteiger partial charge is 0.276 e. The number of aromatic nitrogens is 1. The van der Waals surface area contributed by atoms with Gasteiger partial charge < -0.3 is 0 Å². The van der Waals surface area contributed by atoms with Crippen LogP contribution in [0, 0.1) is 0 Å². The maximum Gasteiger partial charge on any atom is 0.418 e. The van der Waals surface area contributed by atoms with Crippen LogP contribution in [0.25, 0.3) is 10.9 Å². The maximum atomic E-state index is 12.7. The Morgan fingerprint density at radius 1 is 1.24 bits per heavy atom. The van der Waals surface area contributed by atoms with Crippen LogP contribution in [0.2, 0.25) is 0 Å². The number of halogens is 4. The molecule has 0 bridgehead atoms. The lowest BCUT2D eigenvalue weighted by Gasteiger charge is -2.10. The van der Waals surface area contributed by atoms with E-state index in [-0.39, 0.29) is 16.5 Å². The number of benzene rings is 1.